The van der Waals surface area contributed by atoms with Gasteiger partial charge in [0.2, 0.25) is 0 Å². The van der Waals surface area contributed by atoms with Gasteiger partial charge in [0.05, 0.1) is 6.04 Å². The predicted molar refractivity (Wildman–Crippen MR) is 131 cm³/mol. The van der Waals surface area contributed by atoms with Crippen LogP contribution in [0.3, 0.4) is 0 Å². The molecule has 1 aliphatic rings. The number of rotatable bonds is 6. The fraction of sp³-hybridized carbons (Fsp3) is 0.172. The van der Waals surface area contributed by atoms with Crippen molar-refractivity contribution in [3.63, 3.8) is 0 Å². The Labute approximate surface area is 190 Å². The van der Waals surface area contributed by atoms with Crippen molar-refractivity contribution < 1.29 is 4.74 Å². The van der Waals surface area contributed by atoms with E-state index in [1.807, 2.05) is 36.4 Å². The Hall–Kier alpha value is -3.40. The summed E-state index contributed by atoms with van der Waals surface area (Å²) in [5.74, 6) is 1.73. The molecule has 0 spiro atoms. The smallest absolute Gasteiger partial charge is 0.127 e. The van der Waals surface area contributed by atoms with Gasteiger partial charge in [-0.1, -0.05) is 84.9 Å². The highest BCUT2D eigenvalue weighted by Gasteiger charge is 2.24. The molecule has 3 nitrogen and oxygen atoms in total. The zero-order valence-corrected chi connectivity index (χ0v) is 18.2. The molecule has 0 amide bonds. The van der Waals surface area contributed by atoms with Crippen molar-refractivity contribution in [3.05, 3.63) is 120 Å². The summed E-state index contributed by atoms with van der Waals surface area (Å²) in [6.45, 7) is 4.07. The van der Waals surface area contributed by atoms with Crippen LogP contribution in [-0.2, 0) is 0 Å². The van der Waals surface area contributed by atoms with E-state index in [1.165, 1.54) is 22.3 Å². The van der Waals surface area contributed by atoms with Gasteiger partial charge in [0.25, 0.3) is 0 Å². The number of nitrogens with one attached hydrogen (secondary N) is 1. The quantitative estimate of drug-likeness (QED) is 0.405. The zero-order valence-electron chi connectivity index (χ0n) is 18.2. The van der Waals surface area contributed by atoms with Crippen molar-refractivity contribution in [2.45, 2.75) is 6.04 Å². The fourth-order valence-corrected chi connectivity index (χ4v) is 4.42. The van der Waals surface area contributed by atoms with Crippen LogP contribution in [0.5, 0.6) is 11.5 Å². The third-order valence-corrected chi connectivity index (χ3v) is 6.00. The Morgan fingerprint density at radius 1 is 0.594 bits per heavy atom. The van der Waals surface area contributed by atoms with Crippen molar-refractivity contribution in [1.82, 2.24) is 10.2 Å². The third kappa shape index (κ3) is 4.75. The monoisotopic (exact) mass is 420 g/mol. The molecule has 160 valence electrons. The molecule has 3 heteroatoms. The molecular formula is C29H28N2O. The van der Waals surface area contributed by atoms with Crippen molar-refractivity contribution in [2.24, 2.45) is 0 Å². The summed E-state index contributed by atoms with van der Waals surface area (Å²) in [7, 11) is 0. The van der Waals surface area contributed by atoms with Gasteiger partial charge in [0.15, 0.2) is 0 Å². The lowest BCUT2D eigenvalue weighted by atomic mass is 9.94. The number of benzene rings is 4. The number of piperazine rings is 1. The lowest BCUT2D eigenvalue weighted by Gasteiger charge is -2.35. The average molecular weight is 421 g/mol. The summed E-state index contributed by atoms with van der Waals surface area (Å²) >= 11 is 0. The minimum atomic E-state index is 0.196. The molecule has 32 heavy (non-hydrogen) atoms. The molecule has 0 aliphatic carbocycles. The second kappa shape index (κ2) is 9.82. The average Bonchev–Trinajstić information content (AvgIpc) is 2.87. The molecule has 0 bridgehead atoms. The summed E-state index contributed by atoms with van der Waals surface area (Å²) in [6.07, 6.45) is 0. The molecular weight excluding hydrogens is 392 g/mol. The van der Waals surface area contributed by atoms with Gasteiger partial charge in [0, 0.05) is 26.2 Å². The van der Waals surface area contributed by atoms with Gasteiger partial charge < -0.3 is 10.1 Å². The van der Waals surface area contributed by atoms with E-state index >= 15 is 0 Å². The van der Waals surface area contributed by atoms with Crippen LogP contribution in [0.1, 0.15) is 17.2 Å². The van der Waals surface area contributed by atoms with Crippen molar-refractivity contribution in [3.8, 4) is 22.6 Å². The topological polar surface area (TPSA) is 24.5 Å². The molecule has 1 N–H and O–H groups in total. The summed E-state index contributed by atoms with van der Waals surface area (Å²) in [4.78, 5) is 2.57. The molecule has 1 saturated heterocycles. The van der Waals surface area contributed by atoms with E-state index < -0.39 is 0 Å². The SMILES string of the molecule is c1ccc(Oc2cccc(C(c3ccc(-c4ccccc4)cc3)N3CCNCC3)c2)cc1. The highest BCUT2D eigenvalue weighted by Crippen LogP contribution is 2.33. The molecule has 1 heterocycles. The third-order valence-electron chi connectivity index (χ3n) is 6.00. The molecule has 0 radical (unpaired) electrons. The van der Waals surface area contributed by atoms with Crippen LogP contribution in [-0.4, -0.2) is 31.1 Å². The number of hydrogen-bond donors (Lipinski definition) is 1. The second-order valence-corrected chi connectivity index (χ2v) is 8.16. The van der Waals surface area contributed by atoms with E-state index in [4.69, 9.17) is 4.74 Å². The maximum absolute atomic E-state index is 6.14. The van der Waals surface area contributed by atoms with Crippen molar-refractivity contribution in [1.29, 1.82) is 0 Å². The van der Waals surface area contributed by atoms with E-state index in [0.717, 1.165) is 37.7 Å². The Morgan fingerprint density at radius 3 is 1.94 bits per heavy atom. The molecule has 5 rings (SSSR count). The van der Waals surface area contributed by atoms with Crippen molar-refractivity contribution in [2.75, 3.05) is 26.2 Å². The molecule has 1 fully saturated rings. The van der Waals surface area contributed by atoms with E-state index in [0.29, 0.717) is 0 Å². The zero-order chi connectivity index (χ0) is 21.6. The van der Waals surface area contributed by atoms with Crippen LogP contribution in [0.15, 0.2) is 109 Å². The van der Waals surface area contributed by atoms with Crippen LogP contribution in [0, 0.1) is 0 Å². The van der Waals surface area contributed by atoms with Crippen LogP contribution in [0.4, 0.5) is 0 Å². The van der Waals surface area contributed by atoms with Crippen LogP contribution >= 0.6 is 0 Å². The van der Waals surface area contributed by atoms with Crippen LogP contribution in [0.25, 0.3) is 11.1 Å². The summed E-state index contributed by atoms with van der Waals surface area (Å²) in [5.41, 5.74) is 5.06. The van der Waals surface area contributed by atoms with E-state index in [9.17, 15) is 0 Å². The first-order valence-electron chi connectivity index (χ1n) is 11.3. The lowest BCUT2D eigenvalue weighted by molar-refractivity contribution is 0.198. The Bertz CT molecular complexity index is 1120. The Balaban J connectivity index is 1.47. The second-order valence-electron chi connectivity index (χ2n) is 8.16. The predicted octanol–water partition coefficient (Wildman–Crippen LogP) is 6.14. The molecule has 0 aromatic heterocycles. The normalized spacial score (nSPS) is 15.2. The molecule has 1 unspecified atom stereocenters. The van der Waals surface area contributed by atoms with Crippen molar-refractivity contribution >= 4 is 0 Å². The summed E-state index contributed by atoms with van der Waals surface area (Å²) in [6, 6.07) is 38.3. The molecule has 4 aromatic carbocycles. The van der Waals surface area contributed by atoms with Crippen LogP contribution in [0.2, 0.25) is 0 Å². The Morgan fingerprint density at radius 2 is 1.22 bits per heavy atom. The molecule has 0 saturated carbocycles. The van der Waals surface area contributed by atoms with Gasteiger partial charge in [-0.2, -0.15) is 0 Å². The first-order valence-corrected chi connectivity index (χ1v) is 11.3. The summed E-state index contributed by atoms with van der Waals surface area (Å²) in [5, 5.41) is 3.48. The van der Waals surface area contributed by atoms with E-state index in [1.54, 1.807) is 0 Å². The van der Waals surface area contributed by atoms with Gasteiger partial charge in [-0.05, 0) is 46.5 Å². The number of hydrogen-bond acceptors (Lipinski definition) is 3. The minimum absolute atomic E-state index is 0.196. The highest BCUT2D eigenvalue weighted by atomic mass is 16.5. The van der Waals surface area contributed by atoms with Crippen LogP contribution < -0.4 is 10.1 Å². The minimum Gasteiger partial charge on any atom is -0.457 e. The highest BCUT2D eigenvalue weighted by molar-refractivity contribution is 5.63. The largest absolute Gasteiger partial charge is 0.457 e. The maximum atomic E-state index is 6.14. The first kappa shape index (κ1) is 20.5. The Kier molecular flexibility index (Phi) is 6.29. The van der Waals surface area contributed by atoms with Gasteiger partial charge in [-0.3, -0.25) is 4.90 Å². The van der Waals surface area contributed by atoms with Gasteiger partial charge in [-0.25, -0.2) is 0 Å². The fourth-order valence-electron chi connectivity index (χ4n) is 4.42. The number of para-hydroxylation sites is 1. The van der Waals surface area contributed by atoms with Gasteiger partial charge >= 0.3 is 0 Å². The first-order chi connectivity index (χ1) is 15.9. The van der Waals surface area contributed by atoms with E-state index in [2.05, 4.69) is 83.0 Å². The standard InChI is InChI=1S/C29H28N2O/c1-3-8-23(9-4-1)24-14-16-25(17-15-24)29(31-20-18-30-19-21-31)26-10-7-13-28(22-26)32-27-11-5-2-6-12-27/h1-17,22,29-30H,18-21H2. The van der Waals surface area contributed by atoms with Gasteiger partial charge in [0.1, 0.15) is 11.5 Å². The number of ether oxygens (including phenoxy) is 1. The molecule has 1 aliphatic heterocycles. The maximum Gasteiger partial charge on any atom is 0.127 e. The molecule has 1 atom stereocenters. The molecule has 4 aromatic rings. The lowest BCUT2D eigenvalue weighted by Crippen LogP contribution is -2.45. The summed E-state index contributed by atoms with van der Waals surface area (Å²) < 4.78 is 6.14. The van der Waals surface area contributed by atoms with E-state index in [-0.39, 0.29) is 6.04 Å². The van der Waals surface area contributed by atoms with Gasteiger partial charge in [-0.15, -0.1) is 0 Å². The number of nitrogens with zero attached hydrogens (tertiary/aromatic N) is 1.